The first-order chi connectivity index (χ1) is 24.9. The summed E-state index contributed by atoms with van der Waals surface area (Å²) >= 11 is 0. The minimum Gasteiger partial charge on any atom is -0.466 e. The Morgan fingerprint density at radius 1 is 0.392 bits per heavy atom. The van der Waals surface area contributed by atoms with Crippen molar-refractivity contribution in [2.45, 2.75) is 219 Å². The molecule has 0 aliphatic carbocycles. The van der Waals surface area contributed by atoms with Gasteiger partial charge in [0.25, 0.3) is 0 Å². The number of ether oxygens (including phenoxy) is 2. The average Bonchev–Trinajstić information content (AvgIpc) is 3.11. The molecule has 0 aromatic heterocycles. The van der Waals surface area contributed by atoms with Crippen LogP contribution in [0.4, 0.5) is 0 Å². The molecule has 0 aliphatic heterocycles. The lowest BCUT2D eigenvalue weighted by Crippen LogP contribution is -2.41. The summed E-state index contributed by atoms with van der Waals surface area (Å²) in [4.78, 5) is 24.2. The summed E-state index contributed by atoms with van der Waals surface area (Å²) in [5.41, 5.74) is 0. The summed E-state index contributed by atoms with van der Waals surface area (Å²) in [6, 6.07) is 0. The van der Waals surface area contributed by atoms with Crippen molar-refractivity contribution in [1.29, 1.82) is 0 Å². The Bertz CT molecular complexity index is 741. The van der Waals surface area contributed by atoms with Crippen molar-refractivity contribution < 1.29 is 23.5 Å². The van der Waals surface area contributed by atoms with Crippen LogP contribution in [0, 0.1) is 0 Å². The molecule has 0 atom stereocenters. The van der Waals surface area contributed by atoms with E-state index in [9.17, 15) is 9.59 Å². The molecule has 0 unspecified atom stereocenters. The first kappa shape index (κ1) is 49.4. The van der Waals surface area contributed by atoms with E-state index in [-0.39, 0.29) is 11.9 Å². The molecule has 0 N–H and O–H groups in total. The molecule has 5 nitrogen and oxygen atoms in total. The molecule has 0 saturated carbocycles. The van der Waals surface area contributed by atoms with Crippen LogP contribution in [0.25, 0.3) is 0 Å². The Balaban J connectivity index is 3.50. The number of unbranched alkanes of at least 4 members (excludes halogenated alkanes) is 24. The number of carbonyl (C=O) groups excluding carboxylic acids is 2. The highest BCUT2D eigenvalue weighted by atomic mass is 16.5. The maximum absolute atomic E-state index is 12.1. The number of allylic oxidation sites excluding steroid dienone is 4. The maximum Gasteiger partial charge on any atom is 0.305 e. The van der Waals surface area contributed by atoms with E-state index in [0.717, 1.165) is 68.9 Å². The fourth-order valence-corrected chi connectivity index (χ4v) is 6.59. The number of carbonyl (C=O) groups is 2. The molecule has 5 heteroatoms. The van der Waals surface area contributed by atoms with Gasteiger partial charge < -0.3 is 14.0 Å². The second-order valence-corrected chi connectivity index (χ2v) is 15.9. The highest BCUT2D eigenvalue weighted by Gasteiger charge is 2.14. The molecule has 0 heterocycles. The van der Waals surface area contributed by atoms with Gasteiger partial charge in [0.05, 0.1) is 40.4 Å². The number of nitrogens with zero attached hydrogens (tertiary/aromatic N) is 1. The standard InChI is InChI=1S/C46H88NO4/c1-5-7-9-11-13-15-17-19-21-23-25-27-29-31-33-39-45(48)50-43-37-35-41-47(3,4)42-36-38-44-51-46(49)40-34-32-30-28-26-24-22-20-18-16-14-12-10-8-6-2/h19-22H,5-18,23-44H2,1-4H3/q+1/b21-19-,22-20-. The zero-order chi connectivity index (χ0) is 37.4. The van der Waals surface area contributed by atoms with E-state index in [1.807, 2.05) is 0 Å². The predicted molar refractivity (Wildman–Crippen MR) is 221 cm³/mol. The van der Waals surface area contributed by atoms with Gasteiger partial charge in [-0.15, -0.1) is 0 Å². The monoisotopic (exact) mass is 719 g/mol. The second kappa shape index (κ2) is 39.6. The van der Waals surface area contributed by atoms with Crippen molar-refractivity contribution in [3.8, 4) is 0 Å². The Kier molecular flexibility index (Phi) is 38.3. The smallest absolute Gasteiger partial charge is 0.305 e. The Labute approximate surface area is 318 Å². The first-order valence-corrected chi connectivity index (χ1v) is 22.3. The third-order valence-electron chi connectivity index (χ3n) is 10.1. The number of esters is 2. The van der Waals surface area contributed by atoms with Crippen molar-refractivity contribution in [1.82, 2.24) is 0 Å². The molecular formula is C46H88NO4+. The minimum atomic E-state index is -0.0341. The number of hydrogen-bond acceptors (Lipinski definition) is 4. The summed E-state index contributed by atoms with van der Waals surface area (Å²) in [5, 5.41) is 0. The second-order valence-electron chi connectivity index (χ2n) is 15.9. The Hall–Kier alpha value is -1.62. The fourth-order valence-electron chi connectivity index (χ4n) is 6.59. The summed E-state index contributed by atoms with van der Waals surface area (Å²) in [7, 11) is 4.52. The molecule has 0 saturated heterocycles. The lowest BCUT2D eigenvalue weighted by Gasteiger charge is -2.29. The normalized spacial score (nSPS) is 12.0. The van der Waals surface area contributed by atoms with Gasteiger partial charge in [0.2, 0.25) is 0 Å². The highest BCUT2D eigenvalue weighted by molar-refractivity contribution is 5.69. The van der Waals surface area contributed by atoms with Crippen LogP contribution in [0.1, 0.15) is 219 Å². The summed E-state index contributed by atoms with van der Waals surface area (Å²) in [6.07, 6.45) is 47.5. The van der Waals surface area contributed by atoms with Crippen LogP contribution >= 0.6 is 0 Å². The van der Waals surface area contributed by atoms with E-state index >= 15 is 0 Å². The van der Waals surface area contributed by atoms with E-state index < -0.39 is 0 Å². The van der Waals surface area contributed by atoms with Crippen molar-refractivity contribution in [3.05, 3.63) is 24.3 Å². The van der Waals surface area contributed by atoms with Crippen LogP contribution in [0.2, 0.25) is 0 Å². The van der Waals surface area contributed by atoms with E-state index in [4.69, 9.17) is 9.47 Å². The zero-order valence-electron chi connectivity index (χ0n) is 34.8. The highest BCUT2D eigenvalue weighted by Crippen LogP contribution is 2.13. The summed E-state index contributed by atoms with van der Waals surface area (Å²) in [6.45, 7) is 7.76. The molecule has 300 valence electrons. The predicted octanol–water partition coefficient (Wildman–Crippen LogP) is 13.8. The van der Waals surface area contributed by atoms with Crippen LogP contribution in [0.15, 0.2) is 24.3 Å². The number of hydrogen-bond donors (Lipinski definition) is 0. The average molecular weight is 719 g/mol. The third-order valence-corrected chi connectivity index (χ3v) is 10.1. The van der Waals surface area contributed by atoms with Crippen LogP contribution in [-0.2, 0) is 19.1 Å². The zero-order valence-corrected chi connectivity index (χ0v) is 34.8. The largest absolute Gasteiger partial charge is 0.466 e. The summed E-state index contributed by atoms with van der Waals surface area (Å²) in [5.74, 6) is -0.0682. The minimum absolute atomic E-state index is 0.0341. The van der Waals surface area contributed by atoms with Crippen molar-refractivity contribution in [2.24, 2.45) is 0 Å². The van der Waals surface area contributed by atoms with Gasteiger partial charge in [-0.2, -0.15) is 0 Å². The van der Waals surface area contributed by atoms with Gasteiger partial charge in [-0.25, -0.2) is 0 Å². The van der Waals surface area contributed by atoms with Gasteiger partial charge in [-0.3, -0.25) is 9.59 Å². The van der Waals surface area contributed by atoms with E-state index in [2.05, 4.69) is 52.2 Å². The molecule has 0 rings (SSSR count). The van der Waals surface area contributed by atoms with Crippen molar-refractivity contribution in [3.63, 3.8) is 0 Å². The first-order valence-electron chi connectivity index (χ1n) is 22.3. The molecule has 0 aromatic rings. The van der Waals surface area contributed by atoms with E-state index in [0.29, 0.717) is 26.1 Å². The molecule has 0 radical (unpaired) electrons. The SMILES string of the molecule is CCCCCCCC/C=C\CCCCCCCC(=O)OCCCC[N+](C)(C)CCCCOC(=O)CCCCCCC/C=C\CCCCCCCC. The molecule has 0 aromatic carbocycles. The Morgan fingerprint density at radius 2 is 0.686 bits per heavy atom. The Morgan fingerprint density at radius 3 is 1.02 bits per heavy atom. The van der Waals surface area contributed by atoms with Crippen molar-refractivity contribution >= 4 is 11.9 Å². The summed E-state index contributed by atoms with van der Waals surface area (Å²) < 4.78 is 11.9. The quantitative estimate of drug-likeness (QED) is 0.0274. The van der Waals surface area contributed by atoms with Gasteiger partial charge in [0, 0.05) is 12.8 Å². The molecule has 0 spiro atoms. The third kappa shape index (κ3) is 41.0. The van der Waals surface area contributed by atoms with E-state index in [1.54, 1.807) is 0 Å². The van der Waals surface area contributed by atoms with Gasteiger partial charge in [-0.05, 0) is 89.9 Å². The number of rotatable bonds is 40. The van der Waals surface area contributed by atoms with Crippen LogP contribution < -0.4 is 0 Å². The fraction of sp³-hybridized carbons (Fsp3) is 0.870. The van der Waals surface area contributed by atoms with Gasteiger partial charge in [0.1, 0.15) is 0 Å². The lowest BCUT2D eigenvalue weighted by molar-refractivity contribution is -0.890. The lowest BCUT2D eigenvalue weighted by atomic mass is 10.1. The molecule has 0 aliphatic rings. The molecule has 0 bridgehead atoms. The van der Waals surface area contributed by atoms with Gasteiger partial charge in [-0.1, -0.05) is 141 Å². The molecular weight excluding hydrogens is 631 g/mol. The molecule has 0 fully saturated rings. The van der Waals surface area contributed by atoms with Gasteiger partial charge in [0.15, 0.2) is 0 Å². The number of quaternary nitrogens is 1. The topological polar surface area (TPSA) is 52.6 Å². The van der Waals surface area contributed by atoms with Crippen LogP contribution in [0.5, 0.6) is 0 Å². The molecule has 51 heavy (non-hydrogen) atoms. The molecule has 0 amide bonds. The van der Waals surface area contributed by atoms with Gasteiger partial charge >= 0.3 is 11.9 Å². The van der Waals surface area contributed by atoms with E-state index in [1.165, 1.54) is 141 Å². The maximum atomic E-state index is 12.1. The van der Waals surface area contributed by atoms with Crippen LogP contribution in [0.3, 0.4) is 0 Å². The van der Waals surface area contributed by atoms with Crippen molar-refractivity contribution in [2.75, 3.05) is 40.4 Å². The van der Waals surface area contributed by atoms with Crippen LogP contribution in [-0.4, -0.2) is 56.8 Å².